The van der Waals surface area contributed by atoms with Crippen molar-refractivity contribution in [1.29, 1.82) is 0 Å². The Morgan fingerprint density at radius 3 is 2.14 bits per heavy atom. The second kappa shape index (κ2) is 10.9. The van der Waals surface area contributed by atoms with Crippen molar-refractivity contribution in [2.45, 2.75) is 44.7 Å². The van der Waals surface area contributed by atoms with Crippen LogP contribution in [0, 0.1) is 6.92 Å². The van der Waals surface area contributed by atoms with E-state index >= 15 is 0 Å². The van der Waals surface area contributed by atoms with Gasteiger partial charge in [0, 0.05) is 37.1 Å². The van der Waals surface area contributed by atoms with Gasteiger partial charge in [0.15, 0.2) is 11.5 Å². The predicted molar refractivity (Wildman–Crippen MR) is 142 cm³/mol. The molecule has 1 aliphatic rings. The van der Waals surface area contributed by atoms with Gasteiger partial charge in [0.05, 0.1) is 26.8 Å². The lowest BCUT2D eigenvalue weighted by Crippen LogP contribution is -2.40. The number of benzene rings is 2. The molecule has 36 heavy (non-hydrogen) atoms. The predicted octanol–water partition coefficient (Wildman–Crippen LogP) is 4.18. The number of methoxy groups -OCH3 is 3. The minimum Gasteiger partial charge on any atom is -0.493 e. The van der Waals surface area contributed by atoms with Gasteiger partial charge in [-0.05, 0) is 56.9 Å². The average Bonchev–Trinajstić information content (AvgIpc) is 2.88. The van der Waals surface area contributed by atoms with Gasteiger partial charge in [-0.1, -0.05) is 11.6 Å². The van der Waals surface area contributed by atoms with Gasteiger partial charge in [0.2, 0.25) is 11.7 Å². The smallest absolute Gasteiger partial charge is 0.251 e. The molecule has 1 heterocycles. The number of ether oxygens (including phenoxy) is 3. The van der Waals surface area contributed by atoms with Crippen molar-refractivity contribution < 1.29 is 19.0 Å². The Morgan fingerprint density at radius 1 is 0.917 bits per heavy atom. The molecular formula is C27H35N5O4. The number of rotatable bonds is 8. The molecule has 0 unspecified atom stereocenters. The molecule has 0 spiro atoms. The minimum atomic E-state index is -0.158. The Morgan fingerprint density at radius 2 is 1.56 bits per heavy atom. The van der Waals surface area contributed by atoms with Crippen molar-refractivity contribution >= 4 is 28.6 Å². The Balaban J connectivity index is 1.40. The van der Waals surface area contributed by atoms with Crippen LogP contribution < -0.4 is 29.7 Å². The second-order valence-corrected chi connectivity index (χ2v) is 9.37. The fourth-order valence-corrected chi connectivity index (χ4v) is 4.68. The lowest BCUT2D eigenvalue weighted by Gasteiger charge is -2.30. The first-order valence-corrected chi connectivity index (χ1v) is 12.2. The summed E-state index contributed by atoms with van der Waals surface area (Å²) >= 11 is 0. The Hall–Kier alpha value is -3.75. The van der Waals surface area contributed by atoms with E-state index < -0.39 is 0 Å². The van der Waals surface area contributed by atoms with Crippen LogP contribution in [0.1, 0.15) is 41.6 Å². The molecule has 0 radical (unpaired) electrons. The van der Waals surface area contributed by atoms with Gasteiger partial charge >= 0.3 is 0 Å². The highest BCUT2D eigenvalue weighted by atomic mass is 16.5. The van der Waals surface area contributed by atoms with Crippen LogP contribution in [0.5, 0.6) is 17.2 Å². The number of aromatic nitrogens is 2. The molecule has 1 aromatic heterocycles. The Kier molecular flexibility index (Phi) is 7.67. The molecular weight excluding hydrogens is 458 g/mol. The molecule has 0 aliphatic heterocycles. The lowest BCUT2D eigenvalue weighted by molar-refractivity contribution is 0.0925. The van der Waals surface area contributed by atoms with Crippen LogP contribution in [0.25, 0.3) is 10.9 Å². The third kappa shape index (κ3) is 5.40. The molecule has 2 aromatic carbocycles. The van der Waals surface area contributed by atoms with Gasteiger partial charge in [0.25, 0.3) is 5.91 Å². The molecule has 9 nitrogen and oxygen atoms in total. The highest BCUT2D eigenvalue weighted by Gasteiger charge is 2.25. The van der Waals surface area contributed by atoms with Gasteiger partial charge in [-0.15, -0.1) is 0 Å². The number of aryl methyl sites for hydroxylation is 1. The van der Waals surface area contributed by atoms with Crippen LogP contribution in [0.4, 0.5) is 11.8 Å². The van der Waals surface area contributed by atoms with E-state index in [9.17, 15) is 4.79 Å². The summed E-state index contributed by atoms with van der Waals surface area (Å²) in [5.41, 5.74) is 2.58. The molecule has 2 N–H and O–H groups in total. The van der Waals surface area contributed by atoms with E-state index in [2.05, 4.69) is 29.7 Å². The third-order valence-corrected chi connectivity index (χ3v) is 6.58. The number of fused-ring (bicyclic) bond motifs is 1. The number of anilines is 2. The molecule has 4 rings (SSSR count). The molecule has 0 atom stereocenters. The number of hydrogen-bond acceptors (Lipinski definition) is 8. The lowest BCUT2D eigenvalue weighted by atomic mass is 9.91. The van der Waals surface area contributed by atoms with Crippen LogP contribution in [0.15, 0.2) is 30.3 Å². The van der Waals surface area contributed by atoms with Crippen molar-refractivity contribution in [3.63, 3.8) is 0 Å². The van der Waals surface area contributed by atoms with Crippen LogP contribution in [-0.4, -0.2) is 63.4 Å². The Bertz CT molecular complexity index is 1210. The molecule has 1 saturated carbocycles. The van der Waals surface area contributed by atoms with Crippen LogP contribution in [-0.2, 0) is 0 Å². The summed E-state index contributed by atoms with van der Waals surface area (Å²) in [4.78, 5) is 24.5. The van der Waals surface area contributed by atoms with Crippen molar-refractivity contribution in [3.8, 4) is 17.2 Å². The SMILES string of the molecule is COc1cc(C(=O)NC2CCC(Nc3nc(N(C)C)c4cc(C)ccc4n3)CC2)cc(OC)c1OC. The molecule has 0 saturated heterocycles. The summed E-state index contributed by atoms with van der Waals surface area (Å²) in [6.07, 6.45) is 3.54. The summed E-state index contributed by atoms with van der Waals surface area (Å²) in [5.74, 6) is 2.76. The summed E-state index contributed by atoms with van der Waals surface area (Å²) in [5, 5.41) is 7.72. The van der Waals surface area contributed by atoms with Crippen molar-refractivity contribution in [1.82, 2.24) is 15.3 Å². The molecule has 1 aliphatic carbocycles. The monoisotopic (exact) mass is 493 g/mol. The van der Waals surface area contributed by atoms with Gasteiger partial charge < -0.3 is 29.7 Å². The quantitative estimate of drug-likeness (QED) is 0.482. The fourth-order valence-electron chi connectivity index (χ4n) is 4.68. The van der Waals surface area contributed by atoms with E-state index in [4.69, 9.17) is 24.2 Å². The van der Waals surface area contributed by atoms with Gasteiger partial charge in [-0.2, -0.15) is 4.98 Å². The maximum atomic E-state index is 13.0. The molecule has 1 amide bonds. The van der Waals surface area contributed by atoms with E-state index in [0.29, 0.717) is 28.8 Å². The zero-order valence-electron chi connectivity index (χ0n) is 21.8. The number of carbonyl (C=O) groups excluding carboxylic acids is 1. The highest BCUT2D eigenvalue weighted by Crippen LogP contribution is 2.38. The van der Waals surface area contributed by atoms with E-state index in [1.807, 2.05) is 25.1 Å². The number of nitrogens with zero attached hydrogens (tertiary/aromatic N) is 3. The summed E-state index contributed by atoms with van der Waals surface area (Å²) in [7, 11) is 8.60. The Labute approximate surface area is 212 Å². The van der Waals surface area contributed by atoms with Crippen molar-refractivity contribution in [2.75, 3.05) is 45.6 Å². The number of hydrogen-bond donors (Lipinski definition) is 2. The molecule has 3 aromatic rings. The van der Waals surface area contributed by atoms with Gasteiger partial charge in [-0.25, -0.2) is 4.98 Å². The van der Waals surface area contributed by atoms with E-state index in [0.717, 1.165) is 42.4 Å². The summed E-state index contributed by atoms with van der Waals surface area (Å²) < 4.78 is 16.1. The number of nitrogens with one attached hydrogen (secondary N) is 2. The molecule has 1 fully saturated rings. The maximum absolute atomic E-state index is 13.0. The maximum Gasteiger partial charge on any atom is 0.251 e. The van der Waals surface area contributed by atoms with Crippen LogP contribution >= 0.6 is 0 Å². The van der Waals surface area contributed by atoms with E-state index in [1.54, 1.807) is 12.1 Å². The summed E-state index contributed by atoms with van der Waals surface area (Å²) in [6.45, 7) is 2.07. The van der Waals surface area contributed by atoms with Gasteiger partial charge in [0.1, 0.15) is 5.82 Å². The molecule has 0 bridgehead atoms. The average molecular weight is 494 g/mol. The fraction of sp³-hybridized carbons (Fsp3) is 0.444. The van der Waals surface area contributed by atoms with Crippen LogP contribution in [0.2, 0.25) is 0 Å². The minimum absolute atomic E-state index is 0.0903. The van der Waals surface area contributed by atoms with Crippen LogP contribution in [0.3, 0.4) is 0 Å². The number of amides is 1. The standard InChI is InChI=1S/C27H35N5O4/c1-16-7-12-21-20(13-16)25(32(2)3)31-27(30-21)29-19-10-8-18(9-11-19)28-26(33)17-14-22(34-4)24(36-6)23(15-17)35-5/h7,12-15,18-19H,8-11H2,1-6H3,(H,28,33)(H,29,30,31). The van der Waals surface area contributed by atoms with Gasteiger partial charge in [-0.3, -0.25) is 4.79 Å². The second-order valence-electron chi connectivity index (χ2n) is 9.37. The highest BCUT2D eigenvalue weighted by molar-refractivity contribution is 5.96. The third-order valence-electron chi connectivity index (χ3n) is 6.58. The molecule has 9 heteroatoms. The van der Waals surface area contributed by atoms with Crippen molar-refractivity contribution in [2.24, 2.45) is 0 Å². The largest absolute Gasteiger partial charge is 0.493 e. The van der Waals surface area contributed by atoms with E-state index in [1.165, 1.54) is 26.9 Å². The zero-order chi connectivity index (χ0) is 25.8. The topological polar surface area (TPSA) is 97.8 Å². The number of carbonyl (C=O) groups is 1. The molecule has 192 valence electrons. The zero-order valence-corrected chi connectivity index (χ0v) is 21.8. The first-order valence-electron chi connectivity index (χ1n) is 12.2. The van der Waals surface area contributed by atoms with Crippen molar-refractivity contribution in [3.05, 3.63) is 41.5 Å². The first kappa shape index (κ1) is 25.3. The normalized spacial score (nSPS) is 17.4. The summed E-state index contributed by atoms with van der Waals surface area (Å²) in [6, 6.07) is 9.91. The first-order chi connectivity index (χ1) is 17.3. The van der Waals surface area contributed by atoms with E-state index in [-0.39, 0.29) is 18.0 Å².